The average Bonchev–Trinajstić information content (AvgIpc) is 2.80. The third-order valence-corrected chi connectivity index (χ3v) is 3.05. The number of hydrogen-bond donors (Lipinski definition) is 2. The number of likely N-dealkylation sites (tertiary alicyclic amines) is 1. The molecule has 5 nitrogen and oxygen atoms in total. The highest BCUT2D eigenvalue weighted by Crippen LogP contribution is 2.10. The summed E-state index contributed by atoms with van der Waals surface area (Å²) in [4.78, 5) is 24.3. The molecule has 0 saturated carbocycles. The zero-order valence-electron chi connectivity index (χ0n) is 10.6. The second kappa shape index (κ2) is 7.27. The van der Waals surface area contributed by atoms with Crippen molar-refractivity contribution in [2.24, 2.45) is 5.73 Å². The molecule has 1 atom stereocenters. The van der Waals surface area contributed by atoms with Crippen LogP contribution < -0.4 is 11.1 Å². The third-order valence-electron chi connectivity index (χ3n) is 3.05. The first-order valence-corrected chi connectivity index (χ1v) is 6.40. The van der Waals surface area contributed by atoms with Crippen LogP contribution in [0.4, 0.5) is 0 Å². The molecule has 3 N–H and O–H groups in total. The second-order valence-corrected chi connectivity index (χ2v) is 4.62. The minimum Gasteiger partial charge on any atom is -0.356 e. The first-order valence-electron chi connectivity index (χ1n) is 6.40. The number of hydrogen-bond acceptors (Lipinski definition) is 3. The molecular formula is C12H23N3O2. The predicted molar refractivity (Wildman–Crippen MR) is 66.3 cm³/mol. The van der Waals surface area contributed by atoms with Crippen LogP contribution in [0.5, 0.6) is 0 Å². The average molecular weight is 241 g/mol. The van der Waals surface area contributed by atoms with Crippen LogP contribution in [0.25, 0.3) is 0 Å². The molecule has 5 heteroatoms. The largest absolute Gasteiger partial charge is 0.356 e. The maximum Gasteiger partial charge on any atom is 0.239 e. The molecule has 0 bridgehead atoms. The summed E-state index contributed by atoms with van der Waals surface area (Å²) in [7, 11) is 0. The van der Waals surface area contributed by atoms with Crippen LogP contribution in [0.2, 0.25) is 0 Å². The van der Waals surface area contributed by atoms with Gasteiger partial charge in [0.15, 0.2) is 0 Å². The molecule has 1 fully saturated rings. The van der Waals surface area contributed by atoms with E-state index in [-0.39, 0.29) is 17.9 Å². The Morgan fingerprint density at radius 1 is 1.29 bits per heavy atom. The molecule has 1 heterocycles. The van der Waals surface area contributed by atoms with E-state index in [0.29, 0.717) is 13.0 Å². The highest BCUT2D eigenvalue weighted by molar-refractivity contribution is 5.81. The van der Waals surface area contributed by atoms with Gasteiger partial charge in [-0.3, -0.25) is 9.59 Å². The van der Waals surface area contributed by atoms with E-state index in [1.54, 1.807) is 0 Å². The van der Waals surface area contributed by atoms with Crippen LogP contribution >= 0.6 is 0 Å². The van der Waals surface area contributed by atoms with Crippen molar-refractivity contribution < 1.29 is 9.59 Å². The smallest absolute Gasteiger partial charge is 0.239 e. The molecular weight excluding hydrogens is 218 g/mol. The number of amides is 2. The van der Waals surface area contributed by atoms with E-state index in [2.05, 4.69) is 5.32 Å². The summed E-state index contributed by atoms with van der Waals surface area (Å²) >= 11 is 0. The maximum absolute atomic E-state index is 11.8. The Kier molecular flexibility index (Phi) is 5.97. The number of rotatable bonds is 6. The van der Waals surface area contributed by atoms with Gasteiger partial charge >= 0.3 is 0 Å². The summed E-state index contributed by atoms with van der Waals surface area (Å²) in [5.41, 5.74) is 5.86. The Morgan fingerprint density at radius 3 is 2.53 bits per heavy atom. The molecule has 0 unspecified atom stereocenters. The highest BCUT2D eigenvalue weighted by Gasteiger charge is 2.22. The molecule has 1 aliphatic heterocycles. The van der Waals surface area contributed by atoms with Crippen molar-refractivity contribution in [1.29, 1.82) is 0 Å². The standard InChI is InChI=1S/C12H23N3O2/c1-10(16)14-7-3-2-6-11(13)12(17)15-8-4-5-9-15/h11H,2-9,13H2,1H3,(H,14,16)/t11-/m0/s1. The highest BCUT2D eigenvalue weighted by atomic mass is 16.2. The van der Waals surface area contributed by atoms with Crippen LogP contribution in [0.1, 0.15) is 39.0 Å². The normalized spacial score (nSPS) is 16.9. The third kappa shape index (κ3) is 5.17. The molecule has 1 aliphatic rings. The van der Waals surface area contributed by atoms with E-state index in [9.17, 15) is 9.59 Å². The van der Waals surface area contributed by atoms with Crippen molar-refractivity contribution in [3.63, 3.8) is 0 Å². The number of nitrogens with zero attached hydrogens (tertiary/aromatic N) is 1. The monoisotopic (exact) mass is 241 g/mol. The summed E-state index contributed by atoms with van der Waals surface area (Å²) in [6.07, 6.45) is 4.65. The number of nitrogens with one attached hydrogen (secondary N) is 1. The minimum absolute atomic E-state index is 0.0116. The van der Waals surface area contributed by atoms with Gasteiger partial charge in [0.05, 0.1) is 6.04 Å². The Morgan fingerprint density at radius 2 is 1.94 bits per heavy atom. The van der Waals surface area contributed by atoms with E-state index >= 15 is 0 Å². The molecule has 1 saturated heterocycles. The summed E-state index contributed by atoms with van der Waals surface area (Å²) in [6, 6.07) is -0.370. The van der Waals surface area contributed by atoms with Gasteiger partial charge in [0.2, 0.25) is 11.8 Å². The molecule has 98 valence electrons. The van der Waals surface area contributed by atoms with Crippen molar-refractivity contribution in [1.82, 2.24) is 10.2 Å². The van der Waals surface area contributed by atoms with E-state index in [4.69, 9.17) is 5.73 Å². The summed E-state index contributed by atoms with van der Waals surface area (Å²) in [6.45, 7) is 3.89. The Hall–Kier alpha value is -1.10. The molecule has 2 amide bonds. The van der Waals surface area contributed by atoms with Crippen LogP contribution in [0.15, 0.2) is 0 Å². The van der Waals surface area contributed by atoms with Gasteiger partial charge in [-0.05, 0) is 32.1 Å². The number of nitrogens with two attached hydrogens (primary N) is 1. The lowest BCUT2D eigenvalue weighted by atomic mass is 10.1. The molecule has 0 aliphatic carbocycles. The van der Waals surface area contributed by atoms with Gasteiger partial charge in [-0.15, -0.1) is 0 Å². The van der Waals surface area contributed by atoms with Gasteiger partial charge < -0.3 is 16.0 Å². The van der Waals surface area contributed by atoms with Crippen LogP contribution in [0, 0.1) is 0 Å². The molecule has 0 aromatic heterocycles. The summed E-state index contributed by atoms with van der Waals surface area (Å²) in [5.74, 6) is 0.0736. The number of carbonyl (C=O) groups excluding carboxylic acids is 2. The fourth-order valence-electron chi connectivity index (χ4n) is 2.05. The number of carbonyl (C=O) groups is 2. The molecule has 0 radical (unpaired) electrons. The molecule has 17 heavy (non-hydrogen) atoms. The van der Waals surface area contributed by atoms with Crippen LogP contribution in [-0.2, 0) is 9.59 Å². The fraction of sp³-hybridized carbons (Fsp3) is 0.833. The van der Waals surface area contributed by atoms with Crippen molar-refractivity contribution in [2.75, 3.05) is 19.6 Å². The molecule has 0 aromatic rings. The predicted octanol–water partition coefficient (Wildman–Crippen LogP) is 0.243. The number of unbranched alkanes of at least 4 members (excludes halogenated alkanes) is 1. The van der Waals surface area contributed by atoms with E-state index in [1.807, 2.05) is 4.90 Å². The van der Waals surface area contributed by atoms with Gasteiger partial charge in [-0.1, -0.05) is 0 Å². The van der Waals surface area contributed by atoms with Crippen molar-refractivity contribution in [3.8, 4) is 0 Å². The zero-order chi connectivity index (χ0) is 12.7. The van der Waals surface area contributed by atoms with Gasteiger partial charge in [0, 0.05) is 26.6 Å². The molecule has 0 spiro atoms. The SMILES string of the molecule is CC(=O)NCCCC[C@H](N)C(=O)N1CCCC1. The van der Waals surface area contributed by atoms with E-state index in [0.717, 1.165) is 38.8 Å². The molecule has 1 rings (SSSR count). The van der Waals surface area contributed by atoms with Gasteiger partial charge in [0.25, 0.3) is 0 Å². The first-order chi connectivity index (χ1) is 8.11. The fourth-order valence-corrected chi connectivity index (χ4v) is 2.05. The van der Waals surface area contributed by atoms with Crippen LogP contribution in [-0.4, -0.2) is 42.4 Å². The summed E-state index contributed by atoms with van der Waals surface area (Å²) < 4.78 is 0. The zero-order valence-corrected chi connectivity index (χ0v) is 10.6. The van der Waals surface area contributed by atoms with Crippen molar-refractivity contribution in [2.45, 2.75) is 45.1 Å². The first kappa shape index (κ1) is 14.0. The minimum atomic E-state index is -0.370. The lowest BCUT2D eigenvalue weighted by Gasteiger charge is -2.20. The Balaban J connectivity index is 2.09. The summed E-state index contributed by atoms with van der Waals surface area (Å²) in [5, 5.41) is 2.73. The van der Waals surface area contributed by atoms with Crippen LogP contribution in [0.3, 0.4) is 0 Å². The lowest BCUT2D eigenvalue weighted by Crippen LogP contribution is -2.42. The second-order valence-electron chi connectivity index (χ2n) is 4.62. The molecule has 0 aromatic carbocycles. The van der Waals surface area contributed by atoms with Gasteiger partial charge in [0.1, 0.15) is 0 Å². The van der Waals surface area contributed by atoms with Gasteiger partial charge in [-0.2, -0.15) is 0 Å². The van der Waals surface area contributed by atoms with Crippen molar-refractivity contribution in [3.05, 3.63) is 0 Å². The quantitative estimate of drug-likeness (QED) is 0.654. The van der Waals surface area contributed by atoms with Gasteiger partial charge in [-0.25, -0.2) is 0 Å². The Labute approximate surface area is 103 Å². The lowest BCUT2D eigenvalue weighted by molar-refractivity contribution is -0.131. The van der Waals surface area contributed by atoms with Crippen molar-refractivity contribution >= 4 is 11.8 Å². The maximum atomic E-state index is 11.8. The van der Waals surface area contributed by atoms with E-state index in [1.165, 1.54) is 6.92 Å². The topological polar surface area (TPSA) is 75.4 Å². The Bertz CT molecular complexity index is 262. The van der Waals surface area contributed by atoms with E-state index < -0.39 is 0 Å².